The molecular weight excluding hydrogens is 208 g/mol. The van der Waals surface area contributed by atoms with Crippen molar-refractivity contribution in [1.29, 1.82) is 0 Å². The molecule has 17 heavy (non-hydrogen) atoms. The van der Waals surface area contributed by atoms with Gasteiger partial charge in [-0.25, -0.2) is 0 Å². The van der Waals surface area contributed by atoms with Crippen LogP contribution in [0.1, 0.15) is 63.0 Å². The molecule has 94 valence electrons. The van der Waals surface area contributed by atoms with Crippen LogP contribution in [0.4, 0.5) is 0 Å². The first-order valence-corrected chi connectivity index (χ1v) is 6.70. The Balaban J connectivity index is 0.000000185. The first kappa shape index (κ1) is 14.0. The van der Waals surface area contributed by atoms with Crippen LogP contribution in [0.2, 0.25) is 0 Å². The zero-order valence-electron chi connectivity index (χ0n) is 11.3. The van der Waals surface area contributed by atoms with Crippen molar-refractivity contribution >= 4 is 5.78 Å². The molecule has 1 fully saturated rings. The van der Waals surface area contributed by atoms with Gasteiger partial charge in [-0.3, -0.25) is 0 Å². The van der Waals surface area contributed by atoms with E-state index in [4.69, 9.17) is 0 Å². The normalized spacial score (nSPS) is 13.8. The molecule has 0 N–H and O–H groups in total. The number of unbranched alkanes of at least 4 members (excludes halogenated alkanes) is 1. The quantitative estimate of drug-likeness (QED) is 0.739. The lowest BCUT2D eigenvalue weighted by atomic mass is 10.1. The largest absolute Gasteiger partial charge is 0.300 e. The lowest BCUT2D eigenvalue weighted by Crippen LogP contribution is -1.86. The molecule has 0 radical (unpaired) electrons. The van der Waals surface area contributed by atoms with Crippen LogP contribution in [0.3, 0.4) is 0 Å². The van der Waals surface area contributed by atoms with Gasteiger partial charge >= 0.3 is 0 Å². The van der Waals surface area contributed by atoms with Crippen molar-refractivity contribution in [2.24, 2.45) is 0 Å². The van der Waals surface area contributed by atoms with E-state index in [2.05, 4.69) is 38.1 Å². The molecule has 1 heteroatoms. The maximum atomic E-state index is 10.2. The summed E-state index contributed by atoms with van der Waals surface area (Å²) in [4.78, 5) is 10.2. The highest BCUT2D eigenvalue weighted by Gasteiger charge is 2.24. The average Bonchev–Trinajstić information content (AvgIpc) is 3.12. The van der Waals surface area contributed by atoms with E-state index in [1.807, 2.05) is 0 Å². The van der Waals surface area contributed by atoms with Crippen molar-refractivity contribution in [2.45, 2.75) is 58.8 Å². The first-order chi connectivity index (χ1) is 8.15. The number of Topliss-reactive ketones (excluding diaryl/α,β-unsaturated/α-hetero) is 1. The molecule has 1 aliphatic carbocycles. The highest BCUT2D eigenvalue weighted by molar-refractivity contribution is 5.75. The maximum Gasteiger partial charge on any atom is 0.129 e. The second-order valence-corrected chi connectivity index (χ2v) is 4.94. The molecule has 0 heterocycles. The molecule has 0 saturated heterocycles. The zero-order valence-corrected chi connectivity index (χ0v) is 11.3. The van der Waals surface area contributed by atoms with Crippen LogP contribution in [0.15, 0.2) is 24.3 Å². The van der Waals surface area contributed by atoms with Gasteiger partial charge in [-0.15, -0.1) is 0 Å². The molecule has 0 spiro atoms. The number of carbonyl (C=O) groups excluding carboxylic acids is 1. The molecule has 0 aliphatic heterocycles. The van der Waals surface area contributed by atoms with Crippen LogP contribution >= 0.6 is 0 Å². The predicted molar refractivity (Wildman–Crippen MR) is 73.4 cm³/mol. The van der Waals surface area contributed by atoms with Crippen molar-refractivity contribution in [3.05, 3.63) is 35.4 Å². The van der Waals surface area contributed by atoms with E-state index < -0.39 is 0 Å². The number of ketones is 1. The molecule has 0 bridgehead atoms. The van der Waals surface area contributed by atoms with Gasteiger partial charge in [-0.2, -0.15) is 0 Å². The van der Waals surface area contributed by atoms with Crippen LogP contribution in [-0.2, 0) is 4.79 Å². The molecule has 0 aromatic heterocycles. The van der Waals surface area contributed by atoms with Gasteiger partial charge in [-0.1, -0.05) is 37.6 Å². The van der Waals surface area contributed by atoms with Gasteiger partial charge in [-0.05, 0) is 50.2 Å². The summed E-state index contributed by atoms with van der Waals surface area (Å²) in [6.07, 6.45) is 5.75. The van der Waals surface area contributed by atoms with Gasteiger partial charge in [0.1, 0.15) is 5.78 Å². The summed E-state index contributed by atoms with van der Waals surface area (Å²) in [7, 11) is 0. The molecule has 0 amide bonds. The lowest BCUT2D eigenvalue weighted by molar-refractivity contribution is -0.117. The molecule has 0 unspecified atom stereocenters. The third-order valence-corrected chi connectivity index (χ3v) is 3.09. The van der Waals surface area contributed by atoms with Gasteiger partial charge in [0.05, 0.1) is 0 Å². The molecule has 1 saturated carbocycles. The van der Waals surface area contributed by atoms with Crippen LogP contribution in [0, 0.1) is 6.92 Å². The van der Waals surface area contributed by atoms with E-state index in [0.717, 1.165) is 25.2 Å². The van der Waals surface area contributed by atoms with E-state index in [1.165, 1.54) is 18.4 Å². The summed E-state index contributed by atoms with van der Waals surface area (Å²) in [6.45, 7) is 5.92. The first-order valence-electron chi connectivity index (χ1n) is 6.70. The van der Waals surface area contributed by atoms with E-state index in [9.17, 15) is 4.79 Å². The van der Waals surface area contributed by atoms with Crippen molar-refractivity contribution in [1.82, 2.24) is 0 Å². The molecule has 1 aromatic rings. The van der Waals surface area contributed by atoms with Crippen LogP contribution in [-0.4, -0.2) is 5.78 Å². The maximum absolute atomic E-state index is 10.2. The summed E-state index contributed by atoms with van der Waals surface area (Å²) in [5, 5.41) is 0. The number of carbonyl (C=O) groups is 1. The number of hydrogen-bond acceptors (Lipinski definition) is 1. The van der Waals surface area contributed by atoms with Crippen LogP contribution in [0.25, 0.3) is 0 Å². The Bertz CT molecular complexity index is 350. The van der Waals surface area contributed by atoms with Gasteiger partial charge in [0.15, 0.2) is 0 Å². The molecular formula is C16H24O. The Hall–Kier alpha value is -1.11. The Morgan fingerprint density at radius 3 is 2.35 bits per heavy atom. The van der Waals surface area contributed by atoms with E-state index in [1.54, 1.807) is 12.5 Å². The Kier molecular flexibility index (Phi) is 5.96. The van der Waals surface area contributed by atoms with Crippen molar-refractivity contribution in [3.63, 3.8) is 0 Å². The highest BCUT2D eigenvalue weighted by Crippen LogP contribution is 2.41. The minimum absolute atomic E-state index is 0.307. The Morgan fingerprint density at radius 2 is 1.94 bits per heavy atom. The topological polar surface area (TPSA) is 17.1 Å². The second kappa shape index (κ2) is 7.26. The summed E-state index contributed by atoms with van der Waals surface area (Å²) in [6, 6.07) is 8.71. The summed E-state index contributed by atoms with van der Waals surface area (Å²) in [5.41, 5.74) is 3.03. The van der Waals surface area contributed by atoms with Gasteiger partial charge in [0.25, 0.3) is 0 Å². The van der Waals surface area contributed by atoms with E-state index in [0.29, 0.717) is 5.78 Å². The van der Waals surface area contributed by atoms with Crippen LogP contribution in [0.5, 0.6) is 0 Å². The number of benzene rings is 1. The minimum Gasteiger partial charge on any atom is -0.300 e. The fourth-order valence-electron chi connectivity index (χ4n) is 1.86. The lowest BCUT2D eigenvalue weighted by Gasteiger charge is -2.00. The number of hydrogen-bond donors (Lipinski definition) is 0. The fourth-order valence-corrected chi connectivity index (χ4v) is 1.86. The third kappa shape index (κ3) is 5.67. The average molecular weight is 232 g/mol. The number of rotatable bonds is 4. The summed E-state index contributed by atoms with van der Waals surface area (Å²) < 4.78 is 0. The number of aryl methyl sites for hydroxylation is 1. The van der Waals surface area contributed by atoms with Crippen LogP contribution < -0.4 is 0 Å². The van der Waals surface area contributed by atoms with E-state index >= 15 is 0 Å². The molecule has 1 aliphatic rings. The second-order valence-electron chi connectivity index (χ2n) is 4.94. The third-order valence-electron chi connectivity index (χ3n) is 3.09. The SMILES string of the molecule is CCCCC(C)=O.Cc1ccccc1C1CC1. The van der Waals surface area contributed by atoms with Crippen molar-refractivity contribution in [3.8, 4) is 0 Å². The monoisotopic (exact) mass is 232 g/mol. The molecule has 1 nitrogen and oxygen atoms in total. The summed E-state index contributed by atoms with van der Waals surface area (Å²) in [5.74, 6) is 1.21. The standard InChI is InChI=1S/C10H12.C6H12O/c1-8-4-2-3-5-10(8)9-6-7-9;1-3-4-5-6(2)7/h2-5,9H,6-7H2,1H3;3-5H2,1-2H3. The zero-order chi connectivity index (χ0) is 12.7. The van der Waals surface area contributed by atoms with Gasteiger partial charge in [0, 0.05) is 6.42 Å². The fraction of sp³-hybridized carbons (Fsp3) is 0.562. The van der Waals surface area contributed by atoms with Crippen molar-refractivity contribution < 1.29 is 4.79 Å². The minimum atomic E-state index is 0.307. The Labute approximate surface area is 105 Å². The molecule has 1 aromatic carbocycles. The van der Waals surface area contributed by atoms with E-state index in [-0.39, 0.29) is 0 Å². The Morgan fingerprint density at radius 1 is 1.29 bits per heavy atom. The molecule has 0 atom stereocenters. The van der Waals surface area contributed by atoms with Gasteiger partial charge < -0.3 is 4.79 Å². The van der Waals surface area contributed by atoms with Crippen molar-refractivity contribution in [2.75, 3.05) is 0 Å². The van der Waals surface area contributed by atoms with Gasteiger partial charge in [0.2, 0.25) is 0 Å². The summed E-state index contributed by atoms with van der Waals surface area (Å²) >= 11 is 0. The smallest absolute Gasteiger partial charge is 0.129 e. The highest BCUT2D eigenvalue weighted by atomic mass is 16.1. The predicted octanol–water partition coefficient (Wildman–Crippen LogP) is 4.64. The molecule has 2 rings (SSSR count).